The van der Waals surface area contributed by atoms with E-state index in [1.54, 1.807) is 17.0 Å². The minimum Gasteiger partial charge on any atom is -0.494 e. The molecule has 0 unspecified atom stereocenters. The molecule has 3 aromatic rings. The Morgan fingerprint density at radius 3 is 2.16 bits per heavy atom. The zero-order valence-electron chi connectivity index (χ0n) is 18.2. The molecule has 6 heteroatoms. The summed E-state index contributed by atoms with van der Waals surface area (Å²) in [5.74, 6) is 1.57. The number of nitrogens with zero attached hydrogens (tertiary/aromatic N) is 1. The van der Waals surface area contributed by atoms with Crippen molar-refractivity contribution in [3.05, 3.63) is 78.4 Å². The predicted molar refractivity (Wildman–Crippen MR) is 124 cm³/mol. The van der Waals surface area contributed by atoms with Crippen molar-refractivity contribution in [2.45, 2.75) is 20.3 Å². The number of carbonyl (C=O) groups is 2. The van der Waals surface area contributed by atoms with Crippen LogP contribution in [-0.4, -0.2) is 25.0 Å². The van der Waals surface area contributed by atoms with Gasteiger partial charge >= 0.3 is 0 Å². The number of hydrogen-bond donors (Lipinski definition) is 1. The summed E-state index contributed by atoms with van der Waals surface area (Å²) in [6, 6.07) is 22.4. The van der Waals surface area contributed by atoms with E-state index >= 15 is 0 Å². The van der Waals surface area contributed by atoms with Crippen LogP contribution in [0.1, 0.15) is 18.9 Å². The van der Waals surface area contributed by atoms with Crippen molar-refractivity contribution < 1.29 is 19.1 Å². The van der Waals surface area contributed by atoms with Crippen LogP contribution in [0.2, 0.25) is 0 Å². The fraction of sp³-hybridized carbons (Fsp3) is 0.231. The van der Waals surface area contributed by atoms with Gasteiger partial charge in [0.05, 0.1) is 12.5 Å². The molecule has 1 aliphatic rings. The second-order valence-corrected chi connectivity index (χ2v) is 7.76. The molecule has 0 saturated carbocycles. The summed E-state index contributed by atoms with van der Waals surface area (Å²) in [6.07, 6.45) is 0.188. The van der Waals surface area contributed by atoms with E-state index in [0.29, 0.717) is 24.6 Å². The lowest BCUT2D eigenvalue weighted by atomic mass is 10.1. The number of amides is 2. The Bertz CT molecular complexity index is 1080. The van der Waals surface area contributed by atoms with Crippen LogP contribution in [0.5, 0.6) is 17.2 Å². The Hall–Kier alpha value is -3.80. The van der Waals surface area contributed by atoms with Gasteiger partial charge in [0.25, 0.3) is 0 Å². The van der Waals surface area contributed by atoms with Crippen molar-refractivity contribution in [1.82, 2.24) is 0 Å². The first kappa shape index (κ1) is 21.4. The molecule has 164 valence electrons. The number of ether oxygens (including phenoxy) is 2. The number of benzene rings is 3. The Kier molecular flexibility index (Phi) is 6.40. The summed E-state index contributed by atoms with van der Waals surface area (Å²) < 4.78 is 11.3. The van der Waals surface area contributed by atoms with E-state index < -0.39 is 5.92 Å². The maximum absolute atomic E-state index is 12.7. The lowest BCUT2D eigenvalue weighted by molar-refractivity contribution is -0.122. The third-order valence-electron chi connectivity index (χ3n) is 5.33. The first-order valence-electron chi connectivity index (χ1n) is 10.7. The van der Waals surface area contributed by atoms with Crippen LogP contribution in [0, 0.1) is 12.8 Å². The van der Waals surface area contributed by atoms with Gasteiger partial charge in [-0.2, -0.15) is 0 Å². The van der Waals surface area contributed by atoms with E-state index in [0.717, 1.165) is 17.2 Å². The quantitative estimate of drug-likeness (QED) is 0.561. The lowest BCUT2D eigenvalue weighted by Crippen LogP contribution is -2.28. The molecule has 4 rings (SSSR count). The molecule has 2 amide bonds. The van der Waals surface area contributed by atoms with Crippen molar-refractivity contribution in [3.8, 4) is 17.2 Å². The number of anilines is 2. The Morgan fingerprint density at radius 1 is 0.938 bits per heavy atom. The van der Waals surface area contributed by atoms with Crippen molar-refractivity contribution in [2.75, 3.05) is 23.4 Å². The molecule has 0 radical (unpaired) electrons. The van der Waals surface area contributed by atoms with Crippen LogP contribution in [0.3, 0.4) is 0 Å². The molecular formula is C26H26N2O4. The van der Waals surface area contributed by atoms with Gasteiger partial charge in [-0.15, -0.1) is 0 Å². The molecule has 1 aliphatic heterocycles. The maximum Gasteiger partial charge on any atom is 0.229 e. The van der Waals surface area contributed by atoms with Gasteiger partial charge in [-0.25, -0.2) is 0 Å². The smallest absolute Gasteiger partial charge is 0.229 e. The van der Waals surface area contributed by atoms with Crippen LogP contribution >= 0.6 is 0 Å². The van der Waals surface area contributed by atoms with Gasteiger partial charge in [-0.1, -0.05) is 17.7 Å². The molecule has 1 heterocycles. The summed E-state index contributed by atoms with van der Waals surface area (Å²) in [6.45, 7) is 4.89. The molecule has 0 spiro atoms. The molecule has 1 atom stereocenters. The predicted octanol–water partition coefficient (Wildman–Crippen LogP) is 5.18. The molecule has 0 aliphatic carbocycles. The van der Waals surface area contributed by atoms with Crippen molar-refractivity contribution in [1.29, 1.82) is 0 Å². The highest BCUT2D eigenvalue weighted by molar-refractivity contribution is 6.03. The first-order valence-corrected chi connectivity index (χ1v) is 10.7. The van der Waals surface area contributed by atoms with Crippen LogP contribution in [-0.2, 0) is 9.59 Å². The van der Waals surface area contributed by atoms with E-state index in [-0.39, 0.29) is 18.2 Å². The van der Waals surface area contributed by atoms with Gasteiger partial charge in [0, 0.05) is 24.3 Å². The topological polar surface area (TPSA) is 67.9 Å². The average Bonchev–Trinajstić information content (AvgIpc) is 3.19. The Labute approximate surface area is 187 Å². The molecule has 1 fully saturated rings. The van der Waals surface area contributed by atoms with Gasteiger partial charge < -0.3 is 19.7 Å². The van der Waals surface area contributed by atoms with E-state index in [1.165, 1.54) is 5.56 Å². The highest BCUT2D eigenvalue weighted by atomic mass is 16.5. The van der Waals surface area contributed by atoms with Crippen molar-refractivity contribution >= 4 is 23.2 Å². The Balaban J connectivity index is 1.34. The number of hydrogen-bond acceptors (Lipinski definition) is 4. The molecule has 0 aromatic heterocycles. The van der Waals surface area contributed by atoms with Gasteiger partial charge in [0.1, 0.15) is 17.2 Å². The van der Waals surface area contributed by atoms with E-state index in [2.05, 4.69) is 5.32 Å². The molecule has 1 saturated heterocycles. The summed E-state index contributed by atoms with van der Waals surface area (Å²) in [5, 5.41) is 2.91. The van der Waals surface area contributed by atoms with Crippen molar-refractivity contribution in [2.24, 2.45) is 5.92 Å². The number of nitrogens with one attached hydrogen (secondary N) is 1. The zero-order chi connectivity index (χ0) is 22.5. The molecule has 32 heavy (non-hydrogen) atoms. The molecule has 6 nitrogen and oxygen atoms in total. The van der Waals surface area contributed by atoms with Gasteiger partial charge in [0.15, 0.2) is 0 Å². The Morgan fingerprint density at radius 2 is 1.53 bits per heavy atom. The van der Waals surface area contributed by atoms with Crippen molar-refractivity contribution in [3.63, 3.8) is 0 Å². The lowest BCUT2D eigenvalue weighted by Gasteiger charge is -2.17. The van der Waals surface area contributed by atoms with E-state index in [9.17, 15) is 9.59 Å². The maximum atomic E-state index is 12.7. The number of carbonyl (C=O) groups excluding carboxylic acids is 2. The number of rotatable bonds is 7. The van der Waals surface area contributed by atoms with Gasteiger partial charge in [0.2, 0.25) is 11.8 Å². The minimum atomic E-state index is -0.405. The van der Waals surface area contributed by atoms with E-state index in [1.807, 2.05) is 74.5 Å². The summed E-state index contributed by atoms with van der Waals surface area (Å²) in [7, 11) is 0. The highest BCUT2D eigenvalue weighted by Gasteiger charge is 2.35. The fourth-order valence-electron chi connectivity index (χ4n) is 3.61. The second-order valence-electron chi connectivity index (χ2n) is 7.76. The molecule has 0 bridgehead atoms. The summed E-state index contributed by atoms with van der Waals surface area (Å²) >= 11 is 0. The zero-order valence-corrected chi connectivity index (χ0v) is 18.2. The second kappa shape index (κ2) is 9.56. The third kappa shape index (κ3) is 5.09. The normalized spacial score (nSPS) is 15.5. The molecular weight excluding hydrogens is 404 g/mol. The third-order valence-corrected chi connectivity index (χ3v) is 5.33. The number of aryl methyl sites for hydroxylation is 1. The van der Waals surface area contributed by atoms with E-state index in [4.69, 9.17) is 9.47 Å². The summed E-state index contributed by atoms with van der Waals surface area (Å²) in [4.78, 5) is 26.9. The molecule has 3 aromatic carbocycles. The van der Waals surface area contributed by atoms with Crippen LogP contribution in [0.15, 0.2) is 72.8 Å². The minimum absolute atomic E-state index is 0.0591. The van der Waals surface area contributed by atoms with Crippen LogP contribution < -0.4 is 19.7 Å². The largest absolute Gasteiger partial charge is 0.494 e. The first-order chi connectivity index (χ1) is 15.5. The monoisotopic (exact) mass is 430 g/mol. The van der Waals surface area contributed by atoms with Gasteiger partial charge in [-0.05, 0) is 74.5 Å². The standard InChI is InChI=1S/C26H26N2O4/c1-3-31-22-14-8-21(9-15-22)28-17-19(16-25(28)29)26(30)27-20-6-12-24(13-7-20)32-23-10-4-18(2)5-11-23/h4-15,19H,3,16-17H2,1-2H3,(H,27,30)/t19-/m1/s1. The van der Waals surface area contributed by atoms with Crippen LogP contribution in [0.25, 0.3) is 0 Å². The SMILES string of the molecule is CCOc1ccc(N2C[C@H](C(=O)Nc3ccc(Oc4ccc(C)cc4)cc3)CC2=O)cc1. The summed E-state index contributed by atoms with van der Waals surface area (Å²) in [5.41, 5.74) is 2.60. The van der Waals surface area contributed by atoms with Crippen LogP contribution in [0.4, 0.5) is 11.4 Å². The van der Waals surface area contributed by atoms with Gasteiger partial charge in [-0.3, -0.25) is 9.59 Å². The molecule has 1 N–H and O–H groups in total. The highest BCUT2D eigenvalue weighted by Crippen LogP contribution is 2.28. The fourth-order valence-corrected chi connectivity index (χ4v) is 3.61. The average molecular weight is 431 g/mol.